The van der Waals surface area contributed by atoms with Crippen molar-refractivity contribution in [3.05, 3.63) is 83.4 Å². The number of aliphatic carboxylic acids is 1. The van der Waals surface area contributed by atoms with Crippen LogP contribution in [0.25, 0.3) is 0 Å². The molecule has 4 N–H and O–H groups in total. The van der Waals surface area contributed by atoms with E-state index in [4.69, 9.17) is 14.6 Å². The molecule has 0 bridgehead atoms. The van der Waals surface area contributed by atoms with Crippen LogP contribution < -0.4 is 20.7 Å². The van der Waals surface area contributed by atoms with Gasteiger partial charge in [-0.25, -0.2) is 0 Å². The smallest absolute Gasteiger partial charge is 0.303 e. The van der Waals surface area contributed by atoms with Gasteiger partial charge in [-0.1, -0.05) is 36.4 Å². The number of ether oxygens (including phenoxy) is 2. The molecule has 9 heteroatoms. The predicted octanol–water partition coefficient (Wildman–Crippen LogP) is 4.58. The number of fused-ring (bicyclic) bond motifs is 1. The van der Waals surface area contributed by atoms with Crippen molar-refractivity contribution in [2.75, 3.05) is 36.7 Å². The fourth-order valence-corrected chi connectivity index (χ4v) is 4.53. The van der Waals surface area contributed by atoms with E-state index in [0.29, 0.717) is 30.1 Å². The number of benzene rings is 3. The SMILES string of the molecule is COc1cc(CC(=O)Nc2ccc(C(CCC(=O)O)OC)cc2)ccc1NC(=O)C1CNc2ccccc21. The molecule has 9 nitrogen and oxygen atoms in total. The first-order valence-electron chi connectivity index (χ1n) is 12.3. The van der Waals surface area contributed by atoms with Crippen LogP contribution >= 0.6 is 0 Å². The number of carboxylic acid groups (broad SMARTS) is 1. The molecule has 4 rings (SSSR count). The number of para-hydroxylation sites is 1. The molecule has 1 aliphatic heterocycles. The van der Waals surface area contributed by atoms with Crippen LogP contribution in [0.3, 0.4) is 0 Å². The number of amides is 2. The standard InChI is InChI=1S/C29H31N3O6/c1-37-25(13-14-28(34)35)19-8-10-20(11-9-19)31-27(33)16-18-7-12-24(26(15-18)38-2)32-29(36)22-17-30-23-6-4-3-5-21(22)23/h3-12,15,22,25,30H,13-14,16-17H2,1-2H3,(H,31,33)(H,32,36)(H,34,35). The number of methoxy groups -OCH3 is 2. The van der Waals surface area contributed by atoms with Crippen LogP contribution in [0.4, 0.5) is 17.1 Å². The molecule has 2 unspecified atom stereocenters. The fraction of sp³-hybridized carbons (Fsp3) is 0.276. The van der Waals surface area contributed by atoms with E-state index in [1.165, 1.54) is 14.2 Å². The van der Waals surface area contributed by atoms with Crippen molar-refractivity contribution in [3.63, 3.8) is 0 Å². The molecule has 0 saturated heterocycles. The molecule has 38 heavy (non-hydrogen) atoms. The first kappa shape index (κ1) is 26.7. The van der Waals surface area contributed by atoms with E-state index in [2.05, 4.69) is 16.0 Å². The van der Waals surface area contributed by atoms with Gasteiger partial charge in [0.1, 0.15) is 5.75 Å². The minimum Gasteiger partial charge on any atom is -0.495 e. The molecule has 0 aromatic heterocycles. The molecule has 1 aliphatic rings. The van der Waals surface area contributed by atoms with Gasteiger partial charge in [0.25, 0.3) is 0 Å². The van der Waals surface area contributed by atoms with Crippen LogP contribution in [0, 0.1) is 0 Å². The summed E-state index contributed by atoms with van der Waals surface area (Å²) in [6.45, 7) is 0.529. The topological polar surface area (TPSA) is 126 Å². The van der Waals surface area contributed by atoms with Crippen molar-refractivity contribution in [2.45, 2.75) is 31.3 Å². The van der Waals surface area contributed by atoms with E-state index >= 15 is 0 Å². The quantitative estimate of drug-likeness (QED) is 0.293. The Balaban J connectivity index is 1.35. The zero-order chi connectivity index (χ0) is 27.1. The third kappa shape index (κ3) is 6.49. The number of rotatable bonds is 11. The lowest BCUT2D eigenvalue weighted by molar-refractivity contribution is -0.137. The molecule has 1 heterocycles. The lowest BCUT2D eigenvalue weighted by Crippen LogP contribution is -2.23. The second kappa shape index (κ2) is 12.2. The molecule has 0 radical (unpaired) electrons. The maximum Gasteiger partial charge on any atom is 0.303 e. The van der Waals surface area contributed by atoms with Gasteiger partial charge in [0.15, 0.2) is 0 Å². The summed E-state index contributed by atoms with van der Waals surface area (Å²) in [4.78, 5) is 36.5. The molecule has 3 aromatic rings. The van der Waals surface area contributed by atoms with E-state index in [0.717, 1.165) is 22.4 Å². The van der Waals surface area contributed by atoms with Gasteiger partial charge in [-0.15, -0.1) is 0 Å². The molecule has 3 aromatic carbocycles. The highest BCUT2D eigenvalue weighted by Crippen LogP contribution is 2.33. The normalized spacial score (nSPS) is 14.6. The molecule has 0 saturated carbocycles. The van der Waals surface area contributed by atoms with Gasteiger partial charge in [0.05, 0.1) is 31.2 Å². The number of hydrogen-bond donors (Lipinski definition) is 4. The maximum atomic E-state index is 13.0. The Morgan fingerprint density at radius 3 is 2.50 bits per heavy atom. The van der Waals surface area contributed by atoms with Crippen LogP contribution in [0.1, 0.15) is 41.6 Å². The monoisotopic (exact) mass is 517 g/mol. The number of carbonyl (C=O) groups is 3. The van der Waals surface area contributed by atoms with E-state index in [1.54, 1.807) is 30.3 Å². The van der Waals surface area contributed by atoms with E-state index in [-0.39, 0.29) is 36.7 Å². The zero-order valence-electron chi connectivity index (χ0n) is 21.3. The Morgan fingerprint density at radius 2 is 1.79 bits per heavy atom. The third-order valence-corrected chi connectivity index (χ3v) is 6.51. The second-order valence-corrected chi connectivity index (χ2v) is 9.05. The van der Waals surface area contributed by atoms with Crippen molar-refractivity contribution >= 4 is 34.8 Å². The summed E-state index contributed by atoms with van der Waals surface area (Å²) < 4.78 is 10.9. The molecule has 2 amide bonds. The van der Waals surface area contributed by atoms with Gasteiger partial charge in [-0.05, 0) is 53.4 Å². The molecule has 198 valence electrons. The van der Waals surface area contributed by atoms with Crippen LogP contribution in [0.5, 0.6) is 5.75 Å². The van der Waals surface area contributed by atoms with Gasteiger partial charge in [-0.2, -0.15) is 0 Å². The average molecular weight is 518 g/mol. The highest BCUT2D eigenvalue weighted by atomic mass is 16.5. The Labute approximate surface area is 221 Å². The van der Waals surface area contributed by atoms with Gasteiger partial charge < -0.3 is 30.5 Å². The van der Waals surface area contributed by atoms with Crippen molar-refractivity contribution in [1.82, 2.24) is 0 Å². The summed E-state index contributed by atoms with van der Waals surface area (Å²) in [5.41, 5.74) is 4.65. The van der Waals surface area contributed by atoms with E-state index < -0.39 is 5.97 Å². The highest BCUT2D eigenvalue weighted by Gasteiger charge is 2.28. The fourth-order valence-electron chi connectivity index (χ4n) is 4.53. The molecule has 0 spiro atoms. The van der Waals surface area contributed by atoms with Gasteiger partial charge >= 0.3 is 5.97 Å². The molecular weight excluding hydrogens is 486 g/mol. The summed E-state index contributed by atoms with van der Waals surface area (Å²) in [5, 5.41) is 18.0. The van der Waals surface area contributed by atoms with Crippen LogP contribution in [0.15, 0.2) is 66.7 Å². The largest absolute Gasteiger partial charge is 0.495 e. The Morgan fingerprint density at radius 1 is 1.03 bits per heavy atom. The molecule has 2 atom stereocenters. The number of carbonyl (C=O) groups excluding carboxylic acids is 2. The average Bonchev–Trinajstić information content (AvgIpc) is 3.35. The summed E-state index contributed by atoms with van der Waals surface area (Å²) in [5.74, 6) is -1.05. The summed E-state index contributed by atoms with van der Waals surface area (Å²) >= 11 is 0. The summed E-state index contributed by atoms with van der Waals surface area (Å²) in [6.07, 6.45) is 0.156. The Hall–Kier alpha value is -4.37. The second-order valence-electron chi connectivity index (χ2n) is 9.05. The molecular formula is C29H31N3O6. The van der Waals surface area contributed by atoms with Crippen LogP contribution in [-0.4, -0.2) is 43.7 Å². The minimum atomic E-state index is -0.875. The predicted molar refractivity (Wildman–Crippen MR) is 145 cm³/mol. The molecule has 0 aliphatic carbocycles. The molecule has 0 fully saturated rings. The number of hydrogen-bond acceptors (Lipinski definition) is 6. The number of anilines is 3. The van der Waals surface area contributed by atoms with Gasteiger partial charge in [-0.3, -0.25) is 14.4 Å². The lowest BCUT2D eigenvalue weighted by Gasteiger charge is -2.16. The van der Waals surface area contributed by atoms with Gasteiger partial charge in [0, 0.05) is 31.5 Å². The Kier molecular flexibility index (Phi) is 8.60. The van der Waals surface area contributed by atoms with E-state index in [1.807, 2.05) is 36.4 Å². The van der Waals surface area contributed by atoms with Crippen LogP contribution in [0.2, 0.25) is 0 Å². The van der Waals surface area contributed by atoms with Crippen LogP contribution in [-0.2, 0) is 25.5 Å². The first-order chi connectivity index (χ1) is 18.4. The number of carboxylic acids is 1. The summed E-state index contributed by atoms with van der Waals surface area (Å²) in [6, 6.07) is 20.2. The summed E-state index contributed by atoms with van der Waals surface area (Å²) in [7, 11) is 3.06. The van der Waals surface area contributed by atoms with Crippen molar-refractivity contribution in [2.24, 2.45) is 0 Å². The third-order valence-electron chi connectivity index (χ3n) is 6.51. The minimum absolute atomic E-state index is 0.00860. The zero-order valence-corrected chi connectivity index (χ0v) is 21.3. The maximum absolute atomic E-state index is 13.0. The highest BCUT2D eigenvalue weighted by molar-refractivity contribution is 5.99. The lowest BCUT2D eigenvalue weighted by atomic mass is 10.0. The van der Waals surface area contributed by atoms with Crippen molar-refractivity contribution in [1.29, 1.82) is 0 Å². The van der Waals surface area contributed by atoms with Crippen molar-refractivity contribution in [3.8, 4) is 5.75 Å². The van der Waals surface area contributed by atoms with Gasteiger partial charge in [0.2, 0.25) is 11.8 Å². The van der Waals surface area contributed by atoms with E-state index in [9.17, 15) is 14.4 Å². The number of nitrogens with one attached hydrogen (secondary N) is 3. The Bertz CT molecular complexity index is 1310. The van der Waals surface area contributed by atoms with Crippen molar-refractivity contribution < 1.29 is 29.0 Å². The first-order valence-corrected chi connectivity index (χ1v) is 12.3.